The maximum Gasteiger partial charge on any atom is 0.125 e. The fourth-order valence-electron chi connectivity index (χ4n) is 2.76. The number of methoxy groups -OCH3 is 1. The Kier molecular flexibility index (Phi) is 5.04. The molecule has 0 saturated heterocycles. The molecule has 3 rings (SSSR count). The maximum absolute atomic E-state index is 9.32. The van der Waals surface area contributed by atoms with Gasteiger partial charge < -0.3 is 15.2 Å². The summed E-state index contributed by atoms with van der Waals surface area (Å²) in [4.78, 5) is 0. The first-order chi connectivity index (χ1) is 12.1. The van der Waals surface area contributed by atoms with Crippen molar-refractivity contribution in [3.8, 4) is 17.0 Å². The smallest absolute Gasteiger partial charge is 0.125 e. The third-order valence-corrected chi connectivity index (χ3v) is 4.03. The summed E-state index contributed by atoms with van der Waals surface area (Å²) in [5.41, 5.74) is 3.92. The molecule has 0 atom stereocenters. The van der Waals surface area contributed by atoms with Gasteiger partial charge in [0.15, 0.2) is 0 Å². The zero-order valence-electron chi connectivity index (χ0n) is 14.7. The molecule has 0 spiro atoms. The highest BCUT2D eigenvalue weighted by atomic mass is 16.5. The fraction of sp³-hybridized carbons (Fsp3) is 0.333. The molecular weight excluding hydrogens is 318 g/mol. The van der Waals surface area contributed by atoms with E-state index in [4.69, 9.17) is 4.74 Å². The van der Waals surface area contributed by atoms with Crippen LogP contribution in [0.1, 0.15) is 11.3 Å². The molecule has 0 unspecified atom stereocenters. The van der Waals surface area contributed by atoms with Gasteiger partial charge in [-0.3, -0.25) is 4.68 Å². The van der Waals surface area contributed by atoms with Gasteiger partial charge in [-0.1, -0.05) is 12.1 Å². The van der Waals surface area contributed by atoms with Crippen LogP contribution in [0.4, 0.5) is 5.82 Å². The van der Waals surface area contributed by atoms with Crippen molar-refractivity contribution in [2.24, 2.45) is 7.05 Å². The number of aromatic nitrogens is 4. The Morgan fingerprint density at radius 2 is 2.08 bits per heavy atom. The number of hydrogen-bond acceptors (Lipinski definition) is 5. The highest BCUT2D eigenvalue weighted by Crippen LogP contribution is 2.25. The number of aliphatic hydroxyl groups excluding tert-OH is 1. The largest absolute Gasteiger partial charge is 0.497 e. The SMILES string of the molecule is COc1cccc(-c2cc(NCc3cn(C)nc3C)n(CCO)n2)c1. The van der Waals surface area contributed by atoms with Gasteiger partial charge in [-0.05, 0) is 19.1 Å². The number of nitrogens with zero attached hydrogens (tertiary/aromatic N) is 4. The average molecular weight is 341 g/mol. The lowest BCUT2D eigenvalue weighted by Crippen LogP contribution is -2.10. The topological polar surface area (TPSA) is 77.1 Å². The first kappa shape index (κ1) is 17.0. The van der Waals surface area contributed by atoms with E-state index in [9.17, 15) is 5.11 Å². The van der Waals surface area contributed by atoms with Gasteiger partial charge in [0, 0.05) is 37.0 Å². The minimum Gasteiger partial charge on any atom is -0.497 e. The van der Waals surface area contributed by atoms with Crippen molar-refractivity contribution >= 4 is 5.82 Å². The summed E-state index contributed by atoms with van der Waals surface area (Å²) >= 11 is 0. The van der Waals surface area contributed by atoms with Crippen molar-refractivity contribution < 1.29 is 9.84 Å². The maximum atomic E-state index is 9.32. The molecule has 7 nitrogen and oxygen atoms in total. The monoisotopic (exact) mass is 341 g/mol. The minimum absolute atomic E-state index is 0.0276. The van der Waals surface area contributed by atoms with Crippen molar-refractivity contribution in [3.63, 3.8) is 0 Å². The van der Waals surface area contributed by atoms with Crippen LogP contribution < -0.4 is 10.1 Å². The summed E-state index contributed by atoms with van der Waals surface area (Å²) in [6.07, 6.45) is 2.00. The number of ether oxygens (including phenoxy) is 1. The van der Waals surface area contributed by atoms with Crippen LogP contribution in [0.5, 0.6) is 5.75 Å². The summed E-state index contributed by atoms with van der Waals surface area (Å²) in [7, 11) is 3.56. The Bertz CT molecular complexity index is 853. The normalized spacial score (nSPS) is 10.9. The van der Waals surface area contributed by atoms with Crippen LogP contribution in [-0.2, 0) is 20.1 Å². The molecule has 1 aromatic carbocycles. The molecule has 2 N–H and O–H groups in total. The number of rotatable bonds is 7. The highest BCUT2D eigenvalue weighted by Gasteiger charge is 2.11. The van der Waals surface area contributed by atoms with E-state index in [-0.39, 0.29) is 6.61 Å². The molecule has 0 aliphatic rings. The molecule has 0 amide bonds. The first-order valence-electron chi connectivity index (χ1n) is 8.17. The lowest BCUT2D eigenvalue weighted by Gasteiger charge is -2.07. The van der Waals surface area contributed by atoms with Crippen LogP contribution in [0.15, 0.2) is 36.5 Å². The van der Waals surface area contributed by atoms with Crippen molar-refractivity contribution in [2.75, 3.05) is 19.0 Å². The quantitative estimate of drug-likeness (QED) is 0.689. The van der Waals surface area contributed by atoms with E-state index >= 15 is 0 Å². The van der Waals surface area contributed by atoms with E-state index in [0.29, 0.717) is 13.1 Å². The molecule has 0 aliphatic carbocycles. The van der Waals surface area contributed by atoms with E-state index in [2.05, 4.69) is 15.5 Å². The Hall–Kier alpha value is -2.80. The third-order valence-electron chi connectivity index (χ3n) is 4.03. The molecule has 2 heterocycles. The van der Waals surface area contributed by atoms with Crippen LogP contribution in [-0.4, -0.2) is 38.4 Å². The second kappa shape index (κ2) is 7.40. The van der Waals surface area contributed by atoms with Crippen LogP contribution >= 0.6 is 0 Å². The molecular formula is C18H23N5O2. The zero-order chi connectivity index (χ0) is 17.8. The molecule has 0 radical (unpaired) electrons. The van der Waals surface area contributed by atoms with E-state index < -0.39 is 0 Å². The van der Waals surface area contributed by atoms with Gasteiger partial charge in [0.2, 0.25) is 0 Å². The van der Waals surface area contributed by atoms with E-state index in [1.54, 1.807) is 16.5 Å². The molecule has 0 aliphatic heterocycles. The lowest BCUT2D eigenvalue weighted by molar-refractivity contribution is 0.270. The highest BCUT2D eigenvalue weighted by molar-refractivity contribution is 5.64. The van der Waals surface area contributed by atoms with Gasteiger partial charge in [-0.25, -0.2) is 4.68 Å². The van der Waals surface area contributed by atoms with Gasteiger partial charge in [0.25, 0.3) is 0 Å². The minimum atomic E-state index is 0.0276. The summed E-state index contributed by atoms with van der Waals surface area (Å²) in [6, 6.07) is 9.75. The van der Waals surface area contributed by atoms with Crippen molar-refractivity contribution in [1.82, 2.24) is 19.6 Å². The Balaban J connectivity index is 1.85. The molecule has 7 heteroatoms. The first-order valence-corrected chi connectivity index (χ1v) is 8.17. The van der Waals surface area contributed by atoms with Crippen LogP contribution in [0.3, 0.4) is 0 Å². The van der Waals surface area contributed by atoms with Gasteiger partial charge in [0.05, 0.1) is 31.6 Å². The molecule has 2 aromatic heterocycles. The molecule has 25 heavy (non-hydrogen) atoms. The van der Waals surface area contributed by atoms with E-state index in [0.717, 1.165) is 34.1 Å². The van der Waals surface area contributed by atoms with Gasteiger partial charge in [0.1, 0.15) is 11.6 Å². The molecule has 0 fully saturated rings. The van der Waals surface area contributed by atoms with Gasteiger partial charge in [-0.2, -0.15) is 10.2 Å². The van der Waals surface area contributed by atoms with E-state index in [1.165, 1.54) is 0 Å². The third kappa shape index (κ3) is 3.83. The van der Waals surface area contributed by atoms with Crippen molar-refractivity contribution in [2.45, 2.75) is 20.0 Å². The second-order valence-corrected chi connectivity index (χ2v) is 5.86. The summed E-state index contributed by atoms with van der Waals surface area (Å²) in [6.45, 7) is 3.09. The van der Waals surface area contributed by atoms with Crippen LogP contribution in [0, 0.1) is 6.92 Å². The lowest BCUT2D eigenvalue weighted by atomic mass is 10.1. The Labute approximate surface area is 146 Å². The predicted octanol–water partition coefficient (Wildman–Crippen LogP) is 2.21. The Morgan fingerprint density at radius 3 is 2.76 bits per heavy atom. The number of aliphatic hydroxyl groups is 1. The molecule has 3 aromatic rings. The number of benzene rings is 1. The summed E-state index contributed by atoms with van der Waals surface area (Å²) in [5.74, 6) is 1.64. The van der Waals surface area contributed by atoms with Crippen LogP contribution in [0.2, 0.25) is 0 Å². The molecule has 132 valence electrons. The molecule has 0 saturated carbocycles. The number of aryl methyl sites for hydroxylation is 2. The van der Waals surface area contributed by atoms with Gasteiger partial charge >= 0.3 is 0 Å². The van der Waals surface area contributed by atoms with Crippen molar-refractivity contribution in [3.05, 3.63) is 47.8 Å². The van der Waals surface area contributed by atoms with Crippen molar-refractivity contribution in [1.29, 1.82) is 0 Å². The zero-order valence-corrected chi connectivity index (χ0v) is 14.7. The molecule has 0 bridgehead atoms. The summed E-state index contributed by atoms with van der Waals surface area (Å²) in [5, 5.41) is 21.7. The number of anilines is 1. The number of nitrogens with one attached hydrogen (secondary N) is 1. The summed E-state index contributed by atoms with van der Waals surface area (Å²) < 4.78 is 8.87. The predicted molar refractivity (Wildman–Crippen MR) is 96.6 cm³/mol. The van der Waals surface area contributed by atoms with Crippen LogP contribution in [0.25, 0.3) is 11.3 Å². The Morgan fingerprint density at radius 1 is 1.24 bits per heavy atom. The van der Waals surface area contributed by atoms with Gasteiger partial charge in [-0.15, -0.1) is 0 Å². The standard InChI is InChI=1S/C18H23N5O2/c1-13-15(12-22(2)20-13)11-19-18-10-17(21-23(18)7-8-24)14-5-4-6-16(9-14)25-3/h4-6,9-10,12,19,24H,7-8,11H2,1-3H3. The number of hydrogen-bond donors (Lipinski definition) is 2. The van der Waals surface area contributed by atoms with E-state index in [1.807, 2.05) is 50.5 Å². The fourth-order valence-corrected chi connectivity index (χ4v) is 2.76. The second-order valence-electron chi connectivity index (χ2n) is 5.86. The average Bonchev–Trinajstić information content (AvgIpc) is 3.16.